The first kappa shape index (κ1) is 19.6. The molecule has 8 heteroatoms. The molecule has 0 saturated carbocycles. The summed E-state index contributed by atoms with van der Waals surface area (Å²) in [7, 11) is 7.94. The summed E-state index contributed by atoms with van der Waals surface area (Å²) in [4.78, 5) is 7.52. The van der Waals surface area contributed by atoms with Crippen molar-refractivity contribution in [3.05, 3.63) is 0 Å². The first-order valence-corrected chi connectivity index (χ1v) is 10.2. The minimum atomic E-state index is -0.404. The highest BCUT2D eigenvalue weighted by molar-refractivity contribution is 7.72. The van der Waals surface area contributed by atoms with Crippen molar-refractivity contribution in [3.63, 3.8) is 0 Å². The van der Waals surface area contributed by atoms with Crippen molar-refractivity contribution in [1.82, 2.24) is 14.9 Å². The van der Waals surface area contributed by atoms with Crippen LogP contribution < -0.4 is 0 Å². The van der Waals surface area contributed by atoms with Crippen LogP contribution in [0.3, 0.4) is 0 Å². The fourth-order valence-electron chi connectivity index (χ4n) is 2.66. The molecule has 0 aliphatic carbocycles. The van der Waals surface area contributed by atoms with E-state index in [1.165, 1.54) is 5.45 Å². The highest BCUT2D eigenvalue weighted by Gasteiger charge is 2.33. The Balaban J connectivity index is 2.97. The van der Waals surface area contributed by atoms with E-state index in [1.54, 1.807) is 0 Å². The van der Waals surface area contributed by atoms with Crippen LogP contribution in [0.25, 0.3) is 0 Å². The Morgan fingerprint density at radius 2 is 2.00 bits per heavy atom. The summed E-state index contributed by atoms with van der Waals surface area (Å²) in [5, 5.41) is 4.75. The Hall–Kier alpha value is 0.510. The van der Waals surface area contributed by atoms with Gasteiger partial charge in [0.05, 0.1) is 5.45 Å². The average molecular weight is 350 g/mol. The highest BCUT2D eigenvalue weighted by atomic mass is 31.1. The van der Waals surface area contributed by atoms with Crippen molar-refractivity contribution in [2.24, 2.45) is 4.99 Å². The van der Waals surface area contributed by atoms with Gasteiger partial charge in [0, 0.05) is 41.2 Å². The van der Waals surface area contributed by atoms with Crippen LogP contribution in [0.4, 0.5) is 0 Å². The van der Waals surface area contributed by atoms with Gasteiger partial charge < -0.3 is 0 Å². The fraction of sp³-hybridized carbons (Fsp3) is 0.923. The van der Waals surface area contributed by atoms with E-state index < -0.39 is 8.07 Å². The van der Waals surface area contributed by atoms with Gasteiger partial charge in [-0.15, -0.1) is 4.89 Å². The lowest BCUT2D eigenvalue weighted by molar-refractivity contribution is -0.333. The van der Waals surface area contributed by atoms with E-state index in [0.717, 1.165) is 32.6 Å². The number of aliphatic imine (C=N–C) groups is 1. The largest absolute Gasteiger partial charge is 0.275 e. The maximum absolute atomic E-state index is 5.09. The molecule has 2 unspecified atom stereocenters. The van der Waals surface area contributed by atoms with Gasteiger partial charge in [0.2, 0.25) is 0 Å². The molecule has 1 saturated heterocycles. The number of hydrazine groups is 2. The summed E-state index contributed by atoms with van der Waals surface area (Å²) < 4.78 is 1.94. The predicted molar refractivity (Wildman–Crippen MR) is 99.5 cm³/mol. The molecular formula is C13H31N5P3+. The van der Waals surface area contributed by atoms with E-state index in [9.17, 15) is 0 Å². The third-order valence-electron chi connectivity index (χ3n) is 3.58. The first-order chi connectivity index (χ1) is 9.71. The predicted octanol–water partition coefficient (Wildman–Crippen LogP) is 3.13. The molecule has 2 atom stereocenters. The van der Waals surface area contributed by atoms with Gasteiger partial charge in [-0.05, 0) is 20.5 Å². The van der Waals surface area contributed by atoms with E-state index >= 15 is 0 Å². The van der Waals surface area contributed by atoms with E-state index in [1.807, 2.05) is 4.10 Å². The van der Waals surface area contributed by atoms with Gasteiger partial charge in [0.1, 0.15) is 5.54 Å². The molecule has 1 aliphatic heterocycles. The molecule has 0 spiro atoms. The standard InChI is InChI=1S/C13H31N5P3/c1-7-16(8-2)18-15(5)10-9-12(21(18)6)14-13(3,4)11-17(19)20/h19H,7-11,20H2,1-6H3/q+1. The maximum atomic E-state index is 5.09. The average Bonchev–Trinajstić information content (AvgIpc) is 2.36. The second-order valence-corrected chi connectivity index (χ2v) is 9.67. The van der Waals surface area contributed by atoms with Crippen molar-refractivity contribution in [1.29, 1.82) is 0 Å². The van der Waals surface area contributed by atoms with Crippen molar-refractivity contribution >= 4 is 31.9 Å². The van der Waals surface area contributed by atoms with Gasteiger partial charge in [-0.1, -0.05) is 13.8 Å². The number of nitrogens with zero attached hydrogens (tertiary/aromatic N) is 5. The summed E-state index contributed by atoms with van der Waals surface area (Å²) in [6, 6.07) is 0. The molecule has 0 amide bonds. The number of hydrogen-bond donors (Lipinski definition) is 0. The summed E-state index contributed by atoms with van der Waals surface area (Å²) in [6.07, 6.45) is 1.07. The topological polar surface area (TPSA) is 25.1 Å². The molecule has 21 heavy (non-hydrogen) atoms. The maximum Gasteiger partial charge on any atom is 0.191 e. The summed E-state index contributed by atoms with van der Waals surface area (Å²) >= 11 is 0. The molecule has 0 aromatic rings. The van der Waals surface area contributed by atoms with Gasteiger partial charge in [0.25, 0.3) is 0 Å². The number of rotatable bonds is 6. The second-order valence-electron chi connectivity index (χ2n) is 6.03. The fourth-order valence-corrected chi connectivity index (χ4v) is 5.72. The smallest absolute Gasteiger partial charge is 0.191 e. The van der Waals surface area contributed by atoms with Crippen molar-refractivity contribution < 1.29 is 4.10 Å². The van der Waals surface area contributed by atoms with Gasteiger partial charge in [0.15, 0.2) is 25.0 Å². The Morgan fingerprint density at radius 1 is 1.43 bits per heavy atom. The van der Waals surface area contributed by atoms with Crippen LogP contribution in [0, 0.1) is 0 Å². The zero-order valence-electron chi connectivity index (χ0n) is 14.3. The zero-order valence-corrected chi connectivity index (χ0v) is 17.3. The van der Waals surface area contributed by atoms with Crippen molar-refractivity contribution in [3.8, 4) is 0 Å². The van der Waals surface area contributed by atoms with Gasteiger partial charge in [-0.25, -0.2) is 14.1 Å². The minimum Gasteiger partial charge on any atom is -0.275 e. The van der Waals surface area contributed by atoms with Crippen LogP contribution in [0.15, 0.2) is 4.99 Å². The molecule has 0 bridgehead atoms. The molecule has 5 nitrogen and oxygen atoms in total. The third-order valence-corrected chi connectivity index (χ3v) is 6.08. The van der Waals surface area contributed by atoms with E-state index in [4.69, 9.17) is 4.99 Å². The number of hydrogen-bond acceptors (Lipinski definition) is 4. The minimum absolute atomic E-state index is 0.0831. The molecule has 122 valence electrons. The van der Waals surface area contributed by atoms with Crippen LogP contribution in [0.2, 0.25) is 0 Å². The molecule has 0 aromatic carbocycles. The Bertz CT molecular complexity index is 395. The lowest BCUT2D eigenvalue weighted by atomic mass is 10.1. The van der Waals surface area contributed by atoms with E-state index in [0.29, 0.717) is 0 Å². The molecule has 0 N–H and O–H groups in total. The first-order valence-electron chi connectivity index (χ1n) is 7.53. The SMILES string of the molecule is CCN(CC)N1N(C)CCC(=NC(C)(C)C[N+](=P)P)P1C. The van der Waals surface area contributed by atoms with Gasteiger partial charge >= 0.3 is 0 Å². The summed E-state index contributed by atoms with van der Waals surface area (Å²) in [6.45, 7) is 15.1. The van der Waals surface area contributed by atoms with Crippen LogP contribution in [0.5, 0.6) is 0 Å². The monoisotopic (exact) mass is 350 g/mol. The third kappa shape index (κ3) is 5.57. The van der Waals surface area contributed by atoms with Crippen LogP contribution in [-0.2, 0) is 0 Å². The molecule has 1 aliphatic rings. The Labute approximate surface area is 136 Å². The molecule has 1 heterocycles. The van der Waals surface area contributed by atoms with E-state index in [2.05, 4.69) is 74.7 Å². The normalized spacial score (nSPS) is 24.0. The lowest BCUT2D eigenvalue weighted by Crippen LogP contribution is -2.52. The molecular weight excluding hydrogens is 319 g/mol. The molecule has 0 radical (unpaired) electrons. The second kappa shape index (κ2) is 8.39. The molecule has 1 fully saturated rings. The molecule has 0 aromatic heterocycles. The van der Waals surface area contributed by atoms with Crippen molar-refractivity contribution in [2.45, 2.75) is 39.7 Å². The van der Waals surface area contributed by atoms with Crippen molar-refractivity contribution in [2.75, 3.05) is 39.9 Å². The Morgan fingerprint density at radius 3 is 2.48 bits per heavy atom. The quantitative estimate of drug-likeness (QED) is 0.688. The Kier molecular flexibility index (Phi) is 7.81. The summed E-state index contributed by atoms with van der Waals surface area (Å²) in [5.41, 5.74) is 1.28. The lowest BCUT2D eigenvalue weighted by Gasteiger charge is -2.47. The molecule has 1 rings (SSSR count). The van der Waals surface area contributed by atoms with E-state index in [-0.39, 0.29) is 5.54 Å². The van der Waals surface area contributed by atoms with Crippen LogP contribution >= 0.6 is 26.5 Å². The highest BCUT2D eigenvalue weighted by Crippen LogP contribution is 2.45. The van der Waals surface area contributed by atoms with Crippen LogP contribution in [-0.4, -0.2) is 69.9 Å². The zero-order chi connectivity index (χ0) is 16.2. The van der Waals surface area contributed by atoms with Gasteiger partial charge in [-0.2, -0.15) is 0 Å². The van der Waals surface area contributed by atoms with Crippen LogP contribution in [0.1, 0.15) is 34.1 Å². The summed E-state index contributed by atoms with van der Waals surface area (Å²) in [5.74, 6) is 0. The van der Waals surface area contributed by atoms with Gasteiger partial charge in [-0.3, -0.25) is 4.99 Å².